The highest BCUT2D eigenvalue weighted by Crippen LogP contribution is 2.20. The minimum atomic E-state index is 0.185. The van der Waals surface area contributed by atoms with Crippen molar-refractivity contribution in [1.82, 2.24) is 5.32 Å². The zero-order valence-corrected chi connectivity index (χ0v) is 12.0. The molecular formula is C16H27NO. The Labute approximate surface area is 112 Å². The van der Waals surface area contributed by atoms with E-state index in [-0.39, 0.29) is 6.10 Å². The summed E-state index contributed by atoms with van der Waals surface area (Å²) in [6, 6.07) is 8.52. The third-order valence-corrected chi connectivity index (χ3v) is 3.11. The molecule has 0 saturated carbocycles. The molecule has 0 aromatic heterocycles. The fraction of sp³-hybridized carbons (Fsp3) is 0.625. The van der Waals surface area contributed by atoms with Crippen molar-refractivity contribution in [3.8, 4) is 0 Å². The van der Waals surface area contributed by atoms with Crippen LogP contribution in [0.3, 0.4) is 0 Å². The molecule has 0 fully saturated rings. The molecule has 0 bridgehead atoms. The van der Waals surface area contributed by atoms with Crippen LogP contribution in [0.4, 0.5) is 0 Å². The molecule has 1 N–H and O–H groups in total. The first-order chi connectivity index (χ1) is 8.79. The van der Waals surface area contributed by atoms with E-state index in [4.69, 9.17) is 4.74 Å². The van der Waals surface area contributed by atoms with Crippen molar-refractivity contribution in [2.24, 2.45) is 0 Å². The van der Waals surface area contributed by atoms with E-state index in [9.17, 15) is 0 Å². The predicted octanol–water partition coefficient (Wildman–Crippen LogP) is 3.85. The van der Waals surface area contributed by atoms with E-state index < -0.39 is 0 Å². The topological polar surface area (TPSA) is 21.3 Å². The molecule has 18 heavy (non-hydrogen) atoms. The van der Waals surface area contributed by atoms with E-state index in [1.54, 1.807) is 0 Å². The Balaban J connectivity index is 2.60. The summed E-state index contributed by atoms with van der Waals surface area (Å²) in [4.78, 5) is 0. The number of hydrogen-bond donors (Lipinski definition) is 1. The van der Waals surface area contributed by atoms with Crippen molar-refractivity contribution in [2.75, 3.05) is 19.7 Å². The minimum Gasteiger partial charge on any atom is -0.372 e. The molecule has 0 aliphatic rings. The quantitative estimate of drug-likeness (QED) is 0.671. The number of aryl methyl sites for hydroxylation is 1. The third-order valence-electron chi connectivity index (χ3n) is 3.11. The molecule has 1 atom stereocenters. The Hall–Kier alpha value is -0.860. The molecular weight excluding hydrogens is 222 g/mol. The number of nitrogens with one attached hydrogen (secondary N) is 1. The van der Waals surface area contributed by atoms with Crippen LogP contribution in [0.15, 0.2) is 24.3 Å². The van der Waals surface area contributed by atoms with Gasteiger partial charge in [-0.05, 0) is 37.4 Å². The molecule has 102 valence electrons. The number of rotatable bonds is 9. The van der Waals surface area contributed by atoms with E-state index in [1.165, 1.54) is 17.5 Å². The van der Waals surface area contributed by atoms with Crippen LogP contribution >= 0.6 is 0 Å². The maximum absolute atomic E-state index is 6.03. The van der Waals surface area contributed by atoms with E-state index in [0.29, 0.717) is 0 Å². The first kappa shape index (κ1) is 15.2. The highest BCUT2D eigenvalue weighted by atomic mass is 16.5. The summed E-state index contributed by atoms with van der Waals surface area (Å²) in [6.45, 7) is 9.35. The van der Waals surface area contributed by atoms with E-state index in [2.05, 4.69) is 50.4 Å². The maximum Gasteiger partial charge on any atom is 0.0951 e. The molecule has 0 spiro atoms. The van der Waals surface area contributed by atoms with Crippen LogP contribution in [0.1, 0.15) is 50.3 Å². The summed E-state index contributed by atoms with van der Waals surface area (Å²) in [5.41, 5.74) is 2.63. The lowest BCUT2D eigenvalue weighted by Crippen LogP contribution is -2.25. The monoisotopic (exact) mass is 249 g/mol. The third kappa shape index (κ3) is 5.19. The second kappa shape index (κ2) is 9.12. The second-order valence-electron chi connectivity index (χ2n) is 4.77. The van der Waals surface area contributed by atoms with Gasteiger partial charge < -0.3 is 10.1 Å². The van der Waals surface area contributed by atoms with Crippen LogP contribution in [0.25, 0.3) is 0 Å². The maximum atomic E-state index is 6.03. The van der Waals surface area contributed by atoms with Gasteiger partial charge in [0.15, 0.2) is 0 Å². The molecule has 1 rings (SSSR count). The van der Waals surface area contributed by atoms with Gasteiger partial charge in [0.25, 0.3) is 0 Å². The van der Waals surface area contributed by atoms with Crippen molar-refractivity contribution >= 4 is 0 Å². The first-order valence-electron chi connectivity index (χ1n) is 7.17. The lowest BCUT2D eigenvalue weighted by molar-refractivity contribution is 0.0504. The van der Waals surface area contributed by atoms with Gasteiger partial charge in [0.2, 0.25) is 0 Å². The molecule has 2 nitrogen and oxygen atoms in total. The molecule has 1 aromatic carbocycles. The van der Waals surface area contributed by atoms with Crippen LogP contribution in [0.2, 0.25) is 0 Å². The summed E-state index contributed by atoms with van der Waals surface area (Å²) in [7, 11) is 0. The Morgan fingerprint density at radius 2 is 1.94 bits per heavy atom. The first-order valence-corrected chi connectivity index (χ1v) is 7.17. The number of unbranched alkanes of at least 4 members (excludes halogenated alkanes) is 1. The molecule has 0 aliphatic heterocycles. The van der Waals surface area contributed by atoms with Crippen LogP contribution in [0, 0.1) is 6.92 Å². The van der Waals surface area contributed by atoms with Gasteiger partial charge in [0.05, 0.1) is 6.10 Å². The van der Waals surface area contributed by atoms with Gasteiger partial charge in [0.1, 0.15) is 0 Å². The smallest absolute Gasteiger partial charge is 0.0951 e. The van der Waals surface area contributed by atoms with Gasteiger partial charge in [-0.3, -0.25) is 0 Å². The Kier molecular flexibility index (Phi) is 7.70. The Bertz CT molecular complexity index is 315. The van der Waals surface area contributed by atoms with Gasteiger partial charge in [0, 0.05) is 13.2 Å². The Morgan fingerprint density at radius 1 is 1.17 bits per heavy atom. The van der Waals surface area contributed by atoms with Crippen LogP contribution in [-0.4, -0.2) is 19.7 Å². The summed E-state index contributed by atoms with van der Waals surface area (Å²) in [5, 5.41) is 3.46. The van der Waals surface area contributed by atoms with Gasteiger partial charge >= 0.3 is 0 Å². The summed E-state index contributed by atoms with van der Waals surface area (Å²) >= 11 is 0. The van der Waals surface area contributed by atoms with Crippen molar-refractivity contribution in [3.63, 3.8) is 0 Å². The molecule has 1 aromatic rings. The summed E-state index contributed by atoms with van der Waals surface area (Å²) in [5.74, 6) is 0. The lowest BCUT2D eigenvalue weighted by Gasteiger charge is -2.20. The lowest BCUT2D eigenvalue weighted by atomic mass is 10.0. The summed E-state index contributed by atoms with van der Waals surface area (Å²) < 4.78 is 6.03. The highest BCUT2D eigenvalue weighted by molar-refractivity contribution is 5.28. The molecule has 0 heterocycles. The van der Waals surface area contributed by atoms with Gasteiger partial charge in [-0.2, -0.15) is 0 Å². The SMILES string of the molecule is CCCCOC(CNCCC)c1ccccc1C. The minimum absolute atomic E-state index is 0.185. The fourth-order valence-electron chi connectivity index (χ4n) is 1.99. The highest BCUT2D eigenvalue weighted by Gasteiger charge is 2.13. The normalized spacial score (nSPS) is 12.6. The molecule has 0 saturated heterocycles. The Morgan fingerprint density at radius 3 is 2.61 bits per heavy atom. The average molecular weight is 249 g/mol. The zero-order chi connectivity index (χ0) is 13.2. The average Bonchev–Trinajstić information content (AvgIpc) is 2.38. The van der Waals surface area contributed by atoms with Crippen molar-refractivity contribution < 1.29 is 4.74 Å². The van der Waals surface area contributed by atoms with Gasteiger partial charge in [-0.15, -0.1) is 0 Å². The van der Waals surface area contributed by atoms with E-state index in [1.807, 2.05) is 0 Å². The molecule has 0 amide bonds. The van der Waals surface area contributed by atoms with Crippen molar-refractivity contribution in [3.05, 3.63) is 35.4 Å². The van der Waals surface area contributed by atoms with Crippen LogP contribution < -0.4 is 5.32 Å². The molecule has 2 heteroatoms. The predicted molar refractivity (Wildman–Crippen MR) is 77.9 cm³/mol. The van der Waals surface area contributed by atoms with Crippen LogP contribution in [-0.2, 0) is 4.74 Å². The van der Waals surface area contributed by atoms with Gasteiger partial charge in [-0.25, -0.2) is 0 Å². The fourth-order valence-corrected chi connectivity index (χ4v) is 1.99. The number of hydrogen-bond acceptors (Lipinski definition) is 2. The molecule has 0 aliphatic carbocycles. The van der Waals surface area contributed by atoms with Crippen LogP contribution in [0.5, 0.6) is 0 Å². The summed E-state index contributed by atoms with van der Waals surface area (Å²) in [6.07, 6.45) is 3.67. The number of ether oxygens (including phenoxy) is 1. The standard InChI is InChI=1S/C16H27NO/c1-4-6-12-18-16(13-17-11-5-2)15-10-8-7-9-14(15)3/h7-10,16-17H,4-6,11-13H2,1-3H3. The van der Waals surface area contributed by atoms with Crippen molar-refractivity contribution in [1.29, 1.82) is 0 Å². The molecule has 0 radical (unpaired) electrons. The van der Waals surface area contributed by atoms with E-state index in [0.717, 1.165) is 32.5 Å². The van der Waals surface area contributed by atoms with Gasteiger partial charge in [-0.1, -0.05) is 44.5 Å². The number of benzene rings is 1. The zero-order valence-electron chi connectivity index (χ0n) is 12.0. The van der Waals surface area contributed by atoms with Crippen molar-refractivity contribution in [2.45, 2.75) is 46.1 Å². The van der Waals surface area contributed by atoms with E-state index >= 15 is 0 Å². The molecule has 1 unspecified atom stereocenters. The largest absolute Gasteiger partial charge is 0.372 e. The second-order valence-corrected chi connectivity index (χ2v) is 4.77.